The minimum atomic E-state index is 0.0423. The lowest BCUT2D eigenvalue weighted by Crippen LogP contribution is -2.24. The summed E-state index contributed by atoms with van der Waals surface area (Å²) in [4.78, 5) is 24.0. The average molecular weight is 551 g/mol. The molecule has 2 heteroatoms. The molecule has 0 spiro atoms. The third-order valence-corrected chi connectivity index (χ3v) is 7.94. The predicted octanol–water partition coefficient (Wildman–Crippen LogP) is 10.4. The molecule has 2 nitrogen and oxygen atoms in total. The van der Waals surface area contributed by atoms with Crippen LogP contribution in [0.4, 0.5) is 0 Å². The van der Waals surface area contributed by atoms with Crippen molar-refractivity contribution < 1.29 is 9.59 Å². The standard InChI is InChI=1S/C39H50O2/c1-28(16-12-18-30(3)20-22-35-26-33(6)38(41)27-32(35)5)14-10-11-15-29(2)17-13-19-31(4)21-23-36-34(7)37(40)24-25-39(36,8)9/h10-23,26,32,35H,24-25,27H2,1-9H3. The largest absolute Gasteiger partial charge is 0.295 e. The highest BCUT2D eigenvalue weighted by atomic mass is 16.1. The summed E-state index contributed by atoms with van der Waals surface area (Å²) >= 11 is 0. The third kappa shape index (κ3) is 11.5. The smallest absolute Gasteiger partial charge is 0.158 e. The van der Waals surface area contributed by atoms with Gasteiger partial charge in [0.25, 0.3) is 0 Å². The Morgan fingerprint density at radius 1 is 0.756 bits per heavy atom. The molecular formula is C39H50O2. The van der Waals surface area contributed by atoms with E-state index in [-0.39, 0.29) is 17.0 Å². The second-order valence-electron chi connectivity index (χ2n) is 12.3. The van der Waals surface area contributed by atoms with Crippen LogP contribution in [0.1, 0.15) is 81.6 Å². The lowest BCUT2D eigenvalue weighted by atomic mass is 9.72. The van der Waals surface area contributed by atoms with Gasteiger partial charge in [-0.25, -0.2) is 0 Å². The number of carbonyl (C=O) groups is 2. The van der Waals surface area contributed by atoms with E-state index in [9.17, 15) is 9.59 Å². The Hall–Kier alpha value is -3.52. The predicted molar refractivity (Wildman–Crippen MR) is 177 cm³/mol. The van der Waals surface area contributed by atoms with Gasteiger partial charge in [-0.2, -0.15) is 0 Å². The summed E-state index contributed by atoms with van der Waals surface area (Å²) < 4.78 is 0. The lowest BCUT2D eigenvalue weighted by Gasteiger charge is -2.32. The highest BCUT2D eigenvalue weighted by Gasteiger charge is 2.30. The average Bonchev–Trinajstić information content (AvgIpc) is 2.90. The van der Waals surface area contributed by atoms with Gasteiger partial charge in [-0.3, -0.25) is 9.59 Å². The molecule has 218 valence electrons. The fourth-order valence-electron chi connectivity index (χ4n) is 4.96. The number of Topliss-reactive ketones (excluding diaryl/α,β-unsaturated/α-hetero) is 2. The molecule has 0 heterocycles. The maximum absolute atomic E-state index is 12.1. The summed E-state index contributed by atoms with van der Waals surface area (Å²) in [6, 6.07) is 0. The first-order valence-corrected chi connectivity index (χ1v) is 14.8. The summed E-state index contributed by atoms with van der Waals surface area (Å²) in [5, 5.41) is 0. The van der Waals surface area contributed by atoms with Gasteiger partial charge in [0.05, 0.1) is 0 Å². The van der Waals surface area contributed by atoms with Gasteiger partial charge in [-0.05, 0) is 81.9 Å². The van der Waals surface area contributed by atoms with Crippen molar-refractivity contribution in [3.63, 3.8) is 0 Å². The van der Waals surface area contributed by atoms with Gasteiger partial charge in [0.1, 0.15) is 0 Å². The second kappa shape index (κ2) is 16.1. The van der Waals surface area contributed by atoms with Crippen LogP contribution in [-0.2, 0) is 9.59 Å². The first-order valence-electron chi connectivity index (χ1n) is 14.8. The Kier molecular flexibility index (Phi) is 13.2. The number of allylic oxidation sites excluding steroid dienone is 22. The molecule has 0 aliphatic heterocycles. The molecule has 0 aromatic carbocycles. The summed E-state index contributed by atoms with van der Waals surface area (Å²) in [5.41, 5.74) is 7.67. The van der Waals surface area contributed by atoms with Gasteiger partial charge in [0.15, 0.2) is 11.6 Å². The van der Waals surface area contributed by atoms with Crippen LogP contribution in [0.5, 0.6) is 0 Å². The van der Waals surface area contributed by atoms with Gasteiger partial charge in [-0.1, -0.05) is 134 Å². The molecular weight excluding hydrogens is 500 g/mol. The highest BCUT2D eigenvalue weighted by molar-refractivity contribution is 5.97. The van der Waals surface area contributed by atoms with E-state index in [0.29, 0.717) is 24.7 Å². The maximum Gasteiger partial charge on any atom is 0.158 e. The van der Waals surface area contributed by atoms with Crippen molar-refractivity contribution in [2.75, 3.05) is 0 Å². The van der Waals surface area contributed by atoms with Gasteiger partial charge >= 0.3 is 0 Å². The highest BCUT2D eigenvalue weighted by Crippen LogP contribution is 2.39. The van der Waals surface area contributed by atoms with Gasteiger partial charge < -0.3 is 0 Å². The van der Waals surface area contributed by atoms with Gasteiger partial charge in [0, 0.05) is 12.8 Å². The number of rotatable bonds is 10. The van der Waals surface area contributed by atoms with Crippen LogP contribution in [0.25, 0.3) is 0 Å². The fourth-order valence-corrected chi connectivity index (χ4v) is 4.96. The molecule has 2 aliphatic rings. The number of hydrogen-bond acceptors (Lipinski definition) is 2. The number of ketones is 2. The summed E-state index contributed by atoms with van der Waals surface area (Å²) in [6.07, 6.45) is 33.7. The van der Waals surface area contributed by atoms with E-state index in [2.05, 4.69) is 140 Å². The Balaban J connectivity index is 1.89. The van der Waals surface area contributed by atoms with Crippen LogP contribution in [0.15, 0.2) is 130 Å². The molecule has 41 heavy (non-hydrogen) atoms. The normalized spacial score (nSPS) is 23.9. The molecule has 0 N–H and O–H groups in total. The van der Waals surface area contributed by atoms with E-state index in [4.69, 9.17) is 0 Å². The number of carbonyl (C=O) groups excluding carboxylic acids is 2. The minimum absolute atomic E-state index is 0.0423. The van der Waals surface area contributed by atoms with E-state index in [1.807, 2.05) is 13.8 Å². The first kappa shape index (κ1) is 33.7. The molecule has 0 saturated heterocycles. The Morgan fingerprint density at radius 2 is 1.27 bits per heavy atom. The quantitative estimate of drug-likeness (QED) is 0.254. The minimum Gasteiger partial charge on any atom is -0.295 e. The van der Waals surface area contributed by atoms with Crippen molar-refractivity contribution in [3.05, 3.63) is 130 Å². The maximum atomic E-state index is 12.1. The van der Waals surface area contributed by atoms with Crippen molar-refractivity contribution >= 4 is 11.6 Å². The van der Waals surface area contributed by atoms with E-state index in [1.165, 1.54) is 16.7 Å². The lowest BCUT2D eigenvalue weighted by molar-refractivity contribution is -0.117. The van der Waals surface area contributed by atoms with E-state index in [1.54, 1.807) is 0 Å². The van der Waals surface area contributed by atoms with Crippen molar-refractivity contribution in [1.29, 1.82) is 0 Å². The summed E-state index contributed by atoms with van der Waals surface area (Å²) in [7, 11) is 0. The Labute approximate surface area is 249 Å². The molecule has 0 bridgehead atoms. The Bertz CT molecular complexity index is 1320. The molecule has 0 aromatic rings. The molecule has 2 atom stereocenters. The third-order valence-electron chi connectivity index (χ3n) is 7.94. The van der Waals surface area contributed by atoms with Crippen LogP contribution in [-0.4, -0.2) is 11.6 Å². The zero-order valence-electron chi connectivity index (χ0n) is 26.8. The fraction of sp³-hybridized carbons (Fsp3) is 0.385. The van der Waals surface area contributed by atoms with Crippen molar-refractivity contribution in [3.8, 4) is 0 Å². The SMILES string of the molecule is CC(C=CC=C(C)C=CC1=C(C)C(=O)CCC1(C)C)=CC=CC=C(C)C=CC=C(C)C=CC1C=C(C)C(=O)CC1C. The summed E-state index contributed by atoms with van der Waals surface area (Å²) in [6.45, 7) is 18.8. The molecule has 0 fully saturated rings. The van der Waals surface area contributed by atoms with Gasteiger partial charge in [-0.15, -0.1) is 0 Å². The molecule has 0 aromatic heterocycles. The van der Waals surface area contributed by atoms with Crippen LogP contribution < -0.4 is 0 Å². The zero-order valence-corrected chi connectivity index (χ0v) is 26.8. The second-order valence-corrected chi connectivity index (χ2v) is 12.3. The topological polar surface area (TPSA) is 34.1 Å². The molecule has 2 unspecified atom stereocenters. The number of hydrogen-bond donors (Lipinski definition) is 0. The molecule has 2 aliphatic carbocycles. The Morgan fingerprint density at radius 3 is 1.85 bits per heavy atom. The van der Waals surface area contributed by atoms with Crippen molar-refractivity contribution in [2.24, 2.45) is 17.3 Å². The van der Waals surface area contributed by atoms with Gasteiger partial charge in [0.2, 0.25) is 0 Å². The first-order chi connectivity index (χ1) is 19.3. The van der Waals surface area contributed by atoms with Crippen molar-refractivity contribution in [1.82, 2.24) is 0 Å². The van der Waals surface area contributed by atoms with Crippen LogP contribution in [0, 0.1) is 17.3 Å². The van der Waals surface area contributed by atoms with Crippen LogP contribution in [0.3, 0.4) is 0 Å². The van der Waals surface area contributed by atoms with E-state index < -0.39 is 0 Å². The van der Waals surface area contributed by atoms with Crippen LogP contribution in [0.2, 0.25) is 0 Å². The van der Waals surface area contributed by atoms with Crippen LogP contribution >= 0.6 is 0 Å². The summed E-state index contributed by atoms with van der Waals surface area (Å²) in [5.74, 6) is 1.22. The van der Waals surface area contributed by atoms with E-state index in [0.717, 1.165) is 28.7 Å². The molecule has 0 amide bonds. The molecule has 0 radical (unpaired) electrons. The molecule has 0 saturated carbocycles. The molecule has 2 rings (SSSR count). The zero-order chi connectivity index (χ0) is 30.6. The van der Waals surface area contributed by atoms with E-state index >= 15 is 0 Å². The van der Waals surface area contributed by atoms with Crippen molar-refractivity contribution in [2.45, 2.75) is 81.6 Å². The monoisotopic (exact) mass is 550 g/mol.